The molecule has 1 fully saturated rings. The smallest absolute Gasteiger partial charge is 0.0581 e. The molecule has 1 N–H and O–H groups in total. The number of rotatable bonds is 6. The first-order valence-corrected chi connectivity index (χ1v) is 8.03. The Labute approximate surface area is 123 Å². The summed E-state index contributed by atoms with van der Waals surface area (Å²) < 4.78 is 5.71. The largest absolute Gasteiger partial charge is 0.393 e. The summed E-state index contributed by atoms with van der Waals surface area (Å²) in [6.07, 6.45) is 6.36. The zero-order chi connectivity index (χ0) is 14.4. The molecule has 2 rings (SSSR count). The third kappa shape index (κ3) is 4.92. The first-order valence-electron chi connectivity index (χ1n) is 8.03. The molecular formula is C18H28O2. The van der Waals surface area contributed by atoms with E-state index < -0.39 is 0 Å². The Morgan fingerprint density at radius 2 is 1.95 bits per heavy atom. The lowest BCUT2D eigenvalue weighted by atomic mass is 9.97. The highest BCUT2D eigenvalue weighted by Crippen LogP contribution is 2.20. The lowest BCUT2D eigenvalue weighted by Gasteiger charge is -2.23. The minimum absolute atomic E-state index is 0.245. The third-order valence-electron chi connectivity index (χ3n) is 4.21. The van der Waals surface area contributed by atoms with Gasteiger partial charge in [-0.15, -0.1) is 0 Å². The van der Waals surface area contributed by atoms with E-state index in [-0.39, 0.29) is 6.10 Å². The van der Waals surface area contributed by atoms with Crippen LogP contribution < -0.4 is 0 Å². The van der Waals surface area contributed by atoms with Gasteiger partial charge in [0.05, 0.1) is 12.2 Å². The maximum Gasteiger partial charge on any atom is 0.0581 e. The Balaban J connectivity index is 1.74. The summed E-state index contributed by atoms with van der Waals surface area (Å²) >= 11 is 0. The molecule has 1 heterocycles. The SMILES string of the molecule is CC(C)c1ccc(CC(O)CCC2CCCCO2)cc1. The van der Waals surface area contributed by atoms with Gasteiger partial charge in [0.15, 0.2) is 0 Å². The van der Waals surface area contributed by atoms with Crippen molar-refractivity contribution in [1.29, 1.82) is 0 Å². The van der Waals surface area contributed by atoms with E-state index in [1.165, 1.54) is 24.0 Å². The predicted molar refractivity (Wildman–Crippen MR) is 83.1 cm³/mol. The van der Waals surface area contributed by atoms with Crippen molar-refractivity contribution in [2.24, 2.45) is 0 Å². The van der Waals surface area contributed by atoms with Crippen LogP contribution in [0, 0.1) is 0 Å². The molecule has 0 radical (unpaired) electrons. The molecule has 0 spiro atoms. The number of benzene rings is 1. The van der Waals surface area contributed by atoms with E-state index in [4.69, 9.17) is 4.74 Å². The van der Waals surface area contributed by atoms with Crippen LogP contribution in [-0.4, -0.2) is 23.9 Å². The van der Waals surface area contributed by atoms with E-state index in [9.17, 15) is 5.11 Å². The topological polar surface area (TPSA) is 29.5 Å². The minimum Gasteiger partial charge on any atom is -0.393 e. The van der Waals surface area contributed by atoms with Crippen molar-refractivity contribution in [3.8, 4) is 0 Å². The van der Waals surface area contributed by atoms with E-state index in [0.29, 0.717) is 12.0 Å². The number of hydrogen-bond acceptors (Lipinski definition) is 2. The van der Waals surface area contributed by atoms with Gasteiger partial charge in [0.2, 0.25) is 0 Å². The summed E-state index contributed by atoms with van der Waals surface area (Å²) in [5.74, 6) is 0.567. The van der Waals surface area contributed by atoms with E-state index >= 15 is 0 Å². The molecule has 1 aliphatic heterocycles. The Morgan fingerprint density at radius 3 is 2.55 bits per heavy atom. The molecule has 0 aromatic heterocycles. The van der Waals surface area contributed by atoms with Crippen molar-refractivity contribution >= 4 is 0 Å². The molecule has 0 saturated carbocycles. The zero-order valence-corrected chi connectivity index (χ0v) is 12.8. The average Bonchev–Trinajstić information content (AvgIpc) is 2.47. The first kappa shape index (κ1) is 15.5. The molecule has 112 valence electrons. The van der Waals surface area contributed by atoms with Crippen LogP contribution in [0.4, 0.5) is 0 Å². The molecule has 0 bridgehead atoms. The lowest BCUT2D eigenvalue weighted by Crippen LogP contribution is -2.21. The summed E-state index contributed by atoms with van der Waals surface area (Å²) in [6, 6.07) is 8.65. The highest BCUT2D eigenvalue weighted by molar-refractivity contribution is 5.25. The van der Waals surface area contributed by atoms with E-state index in [1.807, 2.05) is 0 Å². The van der Waals surface area contributed by atoms with Gasteiger partial charge in [-0.25, -0.2) is 0 Å². The molecule has 2 nitrogen and oxygen atoms in total. The second kappa shape index (κ2) is 7.80. The number of hydrogen-bond donors (Lipinski definition) is 1. The molecule has 2 heteroatoms. The van der Waals surface area contributed by atoms with Gasteiger partial charge in [-0.2, -0.15) is 0 Å². The fourth-order valence-corrected chi connectivity index (χ4v) is 2.83. The zero-order valence-electron chi connectivity index (χ0n) is 12.8. The Kier molecular flexibility index (Phi) is 6.06. The van der Waals surface area contributed by atoms with Gasteiger partial charge in [-0.1, -0.05) is 38.1 Å². The van der Waals surface area contributed by atoms with Crippen molar-refractivity contribution < 1.29 is 9.84 Å². The molecule has 0 aliphatic carbocycles. The van der Waals surface area contributed by atoms with Gasteiger partial charge in [0.1, 0.15) is 0 Å². The second-order valence-electron chi connectivity index (χ2n) is 6.32. The first-order chi connectivity index (χ1) is 9.65. The average molecular weight is 276 g/mol. The summed E-state index contributed by atoms with van der Waals surface area (Å²) in [5.41, 5.74) is 2.59. The van der Waals surface area contributed by atoms with Gasteiger partial charge < -0.3 is 9.84 Å². The fourth-order valence-electron chi connectivity index (χ4n) is 2.83. The molecule has 1 aromatic rings. The molecular weight excluding hydrogens is 248 g/mol. The number of aliphatic hydroxyl groups excluding tert-OH is 1. The second-order valence-corrected chi connectivity index (χ2v) is 6.32. The Hall–Kier alpha value is -0.860. The highest BCUT2D eigenvalue weighted by Gasteiger charge is 2.15. The molecule has 1 saturated heterocycles. The standard InChI is InChI=1S/C18H28O2/c1-14(2)16-8-6-15(7-9-16)13-17(19)10-11-18-5-3-4-12-20-18/h6-9,14,17-19H,3-5,10-13H2,1-2H3. The maximum absolute atomic E-state index is 10.2. The van der Waals surface area contributed by atoms with Crippen molar-refractivity contribution in [2.75, 3.05) is 6.61 Å². The summed E-state index contributed by atoms with van der Waals surface area (Å²) in [7, 11) is 0. The Bertz CT molecular complexity index is 377. The van der Waals surface area contributed by atoms with Crippen LogP contribution in [0.2, 0.25) is 0 Å². The molecule has 20 heavy (non-hydrogen) atoms. The van der Waals surface area contributed by atoms with Gasteiger partial charge in [0.25, 0.3) is 0 Å². The van der Waals surface area contributed by atoms with E-state index in [0.717, 1.165) is 32.3 Å². The number of ether oxygens (including phenoxy) is 1. The molecule has 2 atom stereocenters. The Morgan fingerprint density at radius 1 is 1.20 bits per heavy atom. The predicted octanol–water partition coefficient (Wildman–Crippen LogP) is 4.06. The van der Waals surface area contributed by atoms with Crippen LogP contribution in [0.5, 0.6) is 0 Å². The minimum atomic E-state index is -0.245. The highest BCUT2D eigenvalue weighted by atomic mass is 16.5. The van der Waals surface area contributed by atoms with Crippen LogP contribution in [0.25, 0.3) is 0 Å². The van der Waals surface area contributed by atoms with Crippen molar-refractivity contribution in [1.82, 2.24) is 0 Å². The van der Waals surface area contributed by atoms with Gasteiger partial charge in [-0.3, -0.25) is 0 Å². The molecule has 0 amide bonds. The molecule has 1 aliphatic rings. The quantitative estimate of drug-likeness (QED) is 0.849. The van der Waals surface area contributed by atoms with Gasteiger partial charge >= 0.3 is 0 Å². The third-order valence-corrected chi connectivity index (χ3v) is 4.21. The normalized spacial score (nSPS) is 21.1. The lowest BCUT2D eigenvalue weighted by molar-refractivity contribution is 0.00234. The fraction of sp³-hybridized carbons (Fsp3) is 0.667. The van der Waals surface area contributed by atoms with Crippen LogP contribution in [0.3, 0.4) is 0 Å². The molecule has 2 unspecified atom stereocenters. The summed E-state index contributed by atoms with van der Waals surface area (Å²) in [4.78, 5) is 0. The van der Waals surface area contributed by atoms with Crippen molar-refractivity contribution in [2.45, 2.75) is 70.5 Å². The van der Waals surface area contributed by atoms with Crippen LogP contribution in [0.1, 0.15) is 63.0 Å². The van der Waals surface area contributed by atoms with Crippen LogP contribution >= 0.6 is 0 Å². The van der Waals surface area contributed by atoms with Crippen molar-refractivity contribution in [3.05, 3.63) is 35.4 Å². The number of aliphatic hydroxyl groups is 1. The van der Waals surface area contributed by atoms with Crippen molar-refractivity contribution in [3.63, 3.8) is 0 Å². The monoisotopic (exact) mass is 276 g/mol. The maximum atomic E-state index is 10.2. The van der Waals surface area contributed by atoms with Gasteiger partial charge in [-0.05, 0) is 55.6 Å². The summed E-state index contributed by atoms with van der Waals surface area (Å²) in [5, 5.41) is 10.2. The molecule has 1 aromatic carbocycles. The van der Waals surface area contributed by atoms with E-state index in [1.54, 1.807) is 0 Å². The van der Waals surface area contributed by atoms with Crippen LogP contribution in [-0.2, 0) is 11.2 Å². The van der Waals surface area contributed by atoms with E-state index in [2.05, 4.69) is 38.1 Å². The summed E-state index contributed by atoms with van der Waals surface area (Å²) in [6.45, 7) is 5.31. The van der Waals surface area contributed by atoms with Crippen LogP contribution in [0.15, 0.2) is 24.3 Å². The van der Waals surface area contributed by atoms with Gasteiger partial charge in [0, 0.05) is 6.61 Å².